The molecule has 3 N–H and O–H groups in total. The molecule has 1 rings (SSSR count). The zero-order valence-electron chi connectivity index (χ0n) is 12.8. The largest absolute Gasteiger partial charge is 0.382 e. The molecule has 0 unspecified atom stereocenters. The van der Waals surface area contributed by atoms with E-state index in [0.29, 0.717) is 32.3 Å². The van der Waals surface area contributed by atoms with Crippen molar-refractivity contribution in [2.75, 3.05) is 38.8 Å². The summed E-state index contributed by atoms with van der Waals surface area (Å²) in [5.74, 6) is 0.440. The smallest absolute Gasteiger partial charge is 0.193 e. The van der Waals surface area contributed by atoms with Gasteiger partial charge in [0.25, 0.3) is 0 Å². The minimum Gasteiger partial charge on any atom is -0.382 e. The van der Waals surface area contributed by atoms with Gasteiger partial charge in [-0.1, -0.05) is 19.1 Å². The summed E-state index contributed by atoms with van der Waals surface area (Å²) in [4.78, 5) is 4.26. The topological polar surface area (TPSA) is 68.9 Å². The Morgan fingerprint density at radius 1 is 1.29 bits per heavy atom. The third-order valence-corrected chi connectivity index (χ3v) is 2.77. The van der Waals surface area contributed by atoms with E-state index in [-0.39, 0.29) is 24.0 Å². The lowest BCUT2D eigenvalue weighted by Crippen LogP contribution is -2.23. The van der Waals surface area contributed by atoms with Crippen molar-refractivity contribution in [2.24, 2.45) is 10.7 Å². The summed E-state index contributed by atoms with van der Waals surface area (Å²) in [7, 11) is 1.66. The number of ether oxygens (including phenoxy) is 2. The van der Waals surface area contributed by atoms with Crippen LogP contribution in [0.2, 0.25) is 0 Å². The molecule has 21 heavy (non-hydrogen) atoms. The van der Waals surface area contributed by atoms with E-state index in [1.807, 2.05) is 12.1 Å². The highest BCUT2D eigenvalue weighted by Gasteiger charge is 1.96. The summed E-state index contributed by atoms with van der Waals surface area (Å²) >= 11 is 0. The SMILES string of the molecule is CCc1cccc(NC(N)=NCCCOCCOC)c1.I. The zero-order chi connectivity index (χ0) is 14.6. The summed E-state index contributed by atoms with van der Waals surface area (Å²) < 4.78 is 10.2. The van der Waals surface area contributed by atoms with E-state index < -0.39 is 0 Å². The van der Waals surface area contributed by atoms with Crippen LogP contribution >= 0.6 is 24.0 Å². The highest BCUT2D eigenvalue weighted by molar-refractivity contribution is 14.0. The lowest BCUT2D eigenvalue weighted by atomic mass is 10.1. The van der Waals surface area contributed by atoms with Crippen molar-refractivity contribution in [3.05, 3.63) is 29.8 Å². The van der Waals surface area contributed by atoms with Gasteiger partial charge in [-0.3, -0.25) is 4.99 Å². The Morgan fingerprint density at radius 2 is 2.10 bits per heavy atom. The summed E-state index contributed by atoms with van der Waals surface area (Å²) in [6.45, 7) is 4.70. The number of guanidine groups is 1. The summed E-state index contributed by atoms with van der Waals surface area (Å²) in [6.07, 6.45) is 1.85. The molecule has 0 heterocycles. The van der Waals surface area contributed by atoms with Crippen LogP contribution in [0.15, 0.2) is 29.3 Å². The van der Waals surface area contributed by atoms with Crippen LogP contribution in [0.5, 0.6) is 0 Å². The number of methoxy groups -OCH3 is 1. The Hall–Kier alpha value is -0.860. The highest BCUT2D eigenvalue weighted by Crippen LogP contribution is 2.10. The van der Waals surface area contributed by atoms with E-state index in [1.165, 1.54) is 5.56 Å². The van der Waals surface area contributed by atoms with Crippen molar-refractivity contribution < 1.29 is 9.47 Å². The Kier molecular flexibility index (Phi) is 12.3. The second kappa shape index (κ2) is 12.8. The fourth-order valence-electron chi connectivity index (χ4n) is 1.67. The summed E-state index contributed by atoms with van der Waals surface area (Å²) in [5, 5.41) is 3.09. The van der Waals surface area contributed by atoms with Gasteiger partial charge in [0, 0.05) is 25.9 Å². The molecule has 0 saturated carbocycles. The van der Waals surface area contributed by atoms with E-state index in [1.54, 1.807) is 7.11 Å². The van der Waals surface area contributed by atoms with Gasteiger partial charge >= 0.3 is 0 Å². The lowest BCUT2D eigenvalue weighted by molar-refractivity contribution is 0.0702. The first-order valence-electron chi connectivity index (χ1n) is 6.98. The van der Waals surface area contributed by atoms with Crippen molar-refractivity contribution in [1.29, 1.82) is 0 Å². The van der Waals surface area contributed by atoms with E-state index in [2.05, 4.69) is 29.4 Å². The minimum absolute atomic E-state index is 0. The molecule has 0 aliphatic carbocycles. The predicted octanol–water partition coefficient (Wildman–Crippen LogP) is 2.65. The van der Waals surface area contributed by atoms with Gasteiger partial charge in [0.2, 0.25) is 0 Å². The second-order valence-electron chi connectivity index (χ2n) is 4.40. The molecule has 0 saturated heterocycles. The van der Waals surface area contributed by atoms with Crippen molar-refractivity contribution in [3.63, 3.8) is 0 Å². The van der Waals surface area contributed by atoms with Crippen LogP contribution in [0.1, 0.15) is 18.9 Å². The second-order valence-corrected chi connectivity index (χ2v) is 4.40. The number of aliphatic imine (C=N–C) groups is 1. The molecule has 1 aromatic carbocycles. The molecule has 0 bridgehead atoms. The number of anilines is 1. The Morgan fingerprint density at radius 3 is 2.81 bits per heavy atom. The van der Waals surface area contributed by atoms with E-state index >= 15 is 0 Å². The lowest BCUT2D eigenvalue weighted by Gasteiger charge is -2.07. The Bertz CT molecular complexity index is 414. The molecule has 5 nitrogen and oxygen atoms in total. The van der Waals surface area contributed by atoms with Crippen LogP contribution in [0.25, 0.3) is 0 Å². The van der Waals surface area contributed by atoms with Gasteiger partial charge in [-0.25, -0.2) is 0 Å². The number of hydrogen-bond donors (Lipinski definition) is 2. The summed E-state index contributed by atoms with van der Waals surface area (Å²) in [6, 6.07) is 8.17. The summed E-state index contributed by atoms with van der Waals surface area (Å²) in [5.41, 5.74) is 8.08. The fourth-order valence-corrected chi connectivity index (χ4v) is 1.67. The van der Waals surface area contributed by atoms with Crippen molar-refractivity contribution in [2.45, 2.75) is 19.8 Å². The molecule has 0 aliphatic rings. The maximum absolute atomic E-state index is 5.84. The molecule has 0 aliphatic heterocycles. The molecule has 0 atom stereocenters. The van der Waals surface area contributed by atoms with Gasteiger partial charge in [0.05, 0.1) is 13.2 Å². The van der Waals surface area contributed by atoms with Crippen molar-refractivity contribution in [1.82, 2.24) is 0 Å². The van der Waals surface area contributed by atoms with Crippen molar-refractivity contribution >= 4 is 35.6 Å². The first kappa shape index (κ1) is 20.1. The average molecular weight is 407 g/mol. The van der Waals surface area contributed by atoms with Gasteiger partial charge < -0.3 is 20.5 Å². The van der Waals surface area contributed by atoms with E-state index in [9.17, 15) is 0 Å². The third-order valence-electron chi connectivity index (χ3n) is 2.77. The third kappa shape index (κ3) is 9.65. The molecular formula is C15H26IN3O2. The molecule has 1 aromatic rings. The predicted molar refractivity (Wildman–Crippen MR) is 98.7 cm³/mol. The van der Waals surface area contributed by atoms with Gasteiger partial charge in [0.15, 0.2) is 5.96 Å². The van der Waals surface area contributed by atoms with Crippen LogP contribution in [0.3, 0.4) is 0 Å². The number of nitrogens with zero attached hydrogens (tertiary/aromatic N) is 1. The quantitative estimate of drug-likeness (QED) is 0.286. The highest BCUT2D eigenvalue weighted by atomic mass is 127. The first-order valence-corrected chi connectivity index (χ1v) is 6.98. The van der Waals surface area contributed by atoms with Gasteiger partial charge in [-0.05, 0) is 30.5 Å². The maximum Gasteiger partial charge on any atom is 0.193 e. The van der Waals surface area contributed by atoms with Gasteiger partial charge in [-0.2, -0.15) is 0 Å². The molecule has 6 heteroatoms. The van der Waals surface area contributed by atoms with Crippen LogP contribution in [-0.2, 0) is 15.9 Å². The Balaban J connectivity index is 0.00000400. The minimum atomic E-state index is 0. The number of halogens is 1. The Labute approximate surface area is 144 Å². The molecular weight excluding hydrogens is 381 g/mol. The monoisotopic (exact) mass is 407 g/mol. The normalized spacial score (nSPS) is 11.0. The first-order chi connectivity index (χ1) is 9.76. The molecule has 120 valence electrons. The van der Waals surface area contributed by atoms with Crippen LogP contribution in [0, 0.1) is 0 Å². The number of hydrogen-bond acceptors (Lipinski definition) is 3. The number of nitrogens with two attached hydrogens (primary N) is 1. The number of nitrogens with one attached hydrogen (secondary N) is 1. The number of benzene rings is 1. The number of rotatable bonds is 9. The van der Waals surface area contributed by atoms with E-state index in [4.69, 9.17) is 15.2 Å². The van der Waals surface area contributed by atoms with Crippen molar-refractivity contribution in [3.8, 4) is 0 Å². The van der Waals surface area contributed by atoms with Crippen LogP contribution in [0.4, 0.5) is 5.69 Å². The zero-order valence-corrected chi connectivity index (χ0v) is 15.1. The van der Waals surface area contributed by atoms with E-state index in [0.717, 1.165) is 18.5 Å². The molecule has 0 fully saturated rings. The van der Waals surface area contributed by atoms with Crippen LogP contribution in [-0.4, -0.2) is 39.4 Å². The van der Waals surface area contributed by atoms with Gasteiger partial charge in [-0.15, -0.1) is 24.0 Å². The molecule has 0 radical (unpaired) electrons. The fraction of sp³-hybridized carbons (Fsp3) is 0.533. The van der Waals surface area contributed by atoms with Gasteiger partial charge in [0.1, 0.15) is 0 Å². The molecule has 0 amide bonds. The standard InChI is InChI=1S/C15H25N3O2.HI/c1-3-13-6-4-7-14(12-13)18-15(16)17-8-5-9-20-11-10-19-2;/h4,6-7,12H,3,5,8-11H2,1-2H3,(H3,16,17,18);1H. The number of aryl methyl sites for hydroxylation is 1. The molecule has 0 aromatic heterocycles. The molecule has 0 spiro atoms. The van der Waals surface area contributed by atoms with Crippen LogP contribution < -0.4 is 11.1 Å². The average Bonchev–Trinajstić information content (AvgIpc) is 2.46. The maximum atomic E-state index is 5.84.